The van der Waals surface area contributed by atoms with Gasteiger partial charge in [0.1, 0.15) is 11.5 Å². The standard InChI is InChI=1S/C24H19ClN2O2S.C23H21ClN2O3S/c1-15(28)20-11-18(25)12-22(24(20)29)27-14-17-5-2-3-7-23(17)30-19-9-8-16-6-4-10-26-21(16)13-19;1-14(27)20-11-17(24)12-21(23(20)29)25-13-16-5-3-4-6-22(16)30-19-9-7-18(8-10-19)26-15(2)28/h2-13,27,29H,14H2,1H3;3-12,25,29H,13H2,1-2H3,(H,26,28). The molecule has 1 aromatic heterocycles. The maximum atomic E-state index is 11.7. The van der Waals surface area contributed by atoms with Crippen LogP contribution in [0.4, 0.5) is 17.1 Å². The summed E-state index contributed by atoms with van der Waals surface area (Å²) in [4.78, 5) is 43.3. The number of nitrogens with zero attached hydrogens (tertiary/aromatic N) is 1. The van der Waals surface area contributed by atoms with Gasteiger partial charge in [-0.25, -0.2) is 0 Å². The van der Waals surface area contributed by atoms with Crippen LogP contribution in [-0.4, -0.2) is 32.7 Å². The topological polar surface area (TPSA) is 141 Å². The number of hydrogen-bond acceptors (Lipinski definition) is 10. The molecular weight excluding hydrogens is 836 g/mol. The summed E-state index contributed by atoms with van der Waals surface area (Å²) in [6.07, 6.45) is 1.79. The fraction of sp³-hybridized carbons (Fsp3) is 0.106. The summed E-state index contributed by atoms with van der Waals surface area (Å²) in [5.74, 6) is -0.789. The van der Waals surface area contributed by atoms with Crippen molar-refractivity contribution in [3.05, 3.63) is 166 Å². The smallest absolute Gasteiger partial charge is 0.221 e. The zero-order chi connectivity index (χ0) is 42.8. The van der Waals surface area contributed by atoms with E-state index in [2.05, 4.69) is 45.2 Å². The molecule has 0 atom stereocenters. The molecule has 304 valence electrons. The van der Waals surface area contributed by atoms with Gasteiger partial charge in [-0.3, -0.25) is 19.4 Å². The minimum atomic E-state index is -0.253. The quantitative estimate of drug-likeness (QED) is 0.0562. The van der Waals surface area contributed by atoms with Crippen LogP contribution < -0.4 is 16.0 Å². The van der Waals surface area contributed by atoms with Gasteiger partial charge >= 0.3 is 0 Å². The Kier molecular flexibility index (Phi) is 14.8. The van der Waals surface area contributed by atoms with E-state index in [0.29, 0.717) is 34.5 Å². The SMILES string of the molecule is CC(=O)Nc1ccc(Sc2ccccc2CNc2cc(Cl)cc(C(C)=O)c2O)cc1.CC(=O)c1cc(Cl)cc(NCc2ccccc2Sc2ccc3cccnc3c2)c1O. The Bertz CT molecular complexity index is 2700. The molecule has 5 N–H and O–H groups in total. The van der Waals surface area contributed by atoms with Crippen LogP contribution in [0, 0.1) is 0 Å². The highest BCUT2D eigenvalue weighted by atomic mass is 35.5. The number of carbonyl (C=O) groups is 3. The number of aromatic nitrogens is 1. The molecular formula is C47H40Cl2N4O5S2. The van der Waals surface area contributed by atoms with Crippen LogP contribution in [-0.2, 0) is 17.9 Å². The Balaban J connectivity index is 0.000000201. The highest BCUT2D eigenvalue weighted by Gasteiger charge is 2.15. The number of aromatic hydroxyl groups is 2. The van der Waals surface area contributed by atoms with E-state index in [1.807, 2.05) is 78.9 Å². The van der Waals surface area contributed by atoms with E-state index in [9.17, 15) is 24.6 Å². The van der Waals surface area contributed by atoms with Crippen molar-refractivity contribution in [2.75, 3.05) is 16.0 Å². The van der Waals surface area contributed by atoms with Crippen molar-refractivity contribution >= 4 is 92.2 Å². The van der Waals surface area contributed by atoms with Crippen LogP contribution in [0.3, 0.4) is 0 Å². The Labute approximate surface area is 366 Å². The van der Waals surface area contributed by atoms with Gasteiger partial charge in [-0.15, -0.1) is 0 Å². The number of Topliss-reactive ketones (excluding diaryl/α,β-unsaturated/α-hetero) is 2. The van der Waals surface area contributed by atoms with E-state index in [1.54, 1.807) is 41.9 Å². The number of carbonyl (C=O) groups excluding carboxylic acids is 3. The van der Waals surface area contributed by atoms with Crippen molar-refractivity contribution in [1.29, 1.82) is 0 Å². The molecule has 0 spiro atoms. The molecule has 0 aliphatic carbocycles. The van der Waals surface area contributed by atoms with E-state index in [4.69, 9.17) is 23.2 Å². The van der Waals surface area contributed by atoms with E-state index >= 15 is 0 Å². The van der Waals surface area contributed by atoms with Crippen LogP contribution in [0.5, 0.6) is 11.5 Å². The van der Waals surface area contributed by atoms with Gasteiger partial charge in [0, 0.05) is 66.9 Å². The van der Waals surface area contributed by atoms with Crippen LogP contribution >= 0.6 is 46.7 Å². The summed E-state index contributed by atoms with van der Waals surface area (Å²) < 4.78 is 0. The molecule has 0 unspecified atom stereocenters. The van der Waals surface area contributed by atoms with Crippen LogP contribution in [0.25, 0.3) is 10.9 Å². The number of anilines is 3. The summed E-state index contributed by atoms with van der Waals surface area (Å²) in [7, 11) is 0. The van der Waals surface area contributed by atoms with Gasteiger partial charge in [0.05, 0.1) is 28.0 Å². The van der Waals surface area contributed by atoms with Gasteiger partial charge in [0.25, 0.3) is 0 Å². The van der Waals surface area contributed by atoms with Gasteiger partial charge in [0.15, 0.2) is 11.6 Å². The maximum Gasteiger partial charge on any atom is 0.221 e. The minimum Gasteiger partial charge on any atom is -0.505 e. The second kappa shape index (κ2) is 20.3. The fourth-order valence-electron chi connectivity index (χ4n) is 6.06. The number of ketones is 2. The van der Waals surface area contributed by atoms with Gasteiger partial charge in [-0.05, 0) is 104 Å². The first-order valence-electron chi connectivity index (χ1n) is 18.6. The van der Waals surface area contributed by atoms with Crippen LogP contribution in [0.1, 0.15) is 52.6 Å². The second-order valence-electron chi connectivity index (χ2n) is 13.5. The Hall–Kier alpha value is -5.98. The summed E-state index contributed by atoms with van der Waals surface area (Å²) in [5, 5.41) is 31.8. The summed E-state index contributed by atoms with van der Waals surface area (Å²) >= 11 is 15.5. The molecule has 7 aromatic rings. The first-order chi connectivity index (χ1) is 28.8. The van der Waals surface area contributed by atoms with Crippen molar-refractivity contribution in [2.24, 2.45) is 0 Å². The number of benzene rings is 6. The number of phenolic OH excluding ortho intramolecular Hbond substituents is 2. The average molecular weight is 876 g/mol. The van der Waals surface area contributed by atoms with E-state index in [1.165, 1.54) is 32.9 Å². The first-order valence-corrected chi connectivity index (χ1v) is 21.0. The second-order valence-corrected chi connectivity index (χ2v) is 16.6. The number of phenols is 2. The Morgan fingerprint density at radius 3 is 1.62 bits per heavy atom. The van der Waals surface area contributed by atoms with Crippen molar-refractivity contribution in [2.45, 2.75) is 53.4 Å². The Morgan fingerprint density at radius 2 is 1.10 bits per heavy atom. The summed E-state index contributed by atoms with van der Waals surface area (Å²) in [6.45, 7) is 5.18. The Morgan fingerprint density at radius 1 is 0.600 bits per heavy atom. The third-order valence-corrected chi connectivity index (χ3v) is 11.7. The summed E-state index contributed by atoms with van der Waals surface area (Å²) in [6, 6.07) is 39.9. The molecule has 13 heteroatoms. The van der Waals surface area contributed by atoms with Crippen LogP contribution in [0.15, 0.2) is 153 Å². The third-order valence-electron chi connectivity index (χ3n) is 9.00. The molecule has 1 heterocycles. The van der Waals surface area contributed by atoms with Crippen LogP contribution in [0.2, 0.25) is 10.0 Å². The number of pyridine rings is 1. The first kappa shape index (κ1) is 43.6. The monoisotopic (exact) mass is 874 g/mol. The fourth-order valence-corrected chi connectivity index (χ4v) is 8.42. The number of halogens is 2. The molecule has 9 nitrogen and oxygen atoms in total. The number of rotatable bonds is 13. The highest BCUT2D eigenvalue weighted by molar-refractivity contribution is 7.99. The predicted molar refractivity (Wildman–Crippen MR) is 245 cm³/mol. The van der Waals surface area contributed by atoms with Crippen molar-refractivity contribution in [3.8, 4) is 11.5 Å². The molecule has 0 saturated heterocycles. The van der Waals surface area contributed by atoms with Gasteiger partial charge < -0.3 is 26.2 Å². The molecule has 0 aliphatic rings. The average Bonchev–Trinajstić information content (AvgIpc) is 3.22. The zero-order valence-corrected chi connectivity index (χ0v) is 35.9. The number of fused-ring (bicyclic) bond motifs is 1. The lowest BCUT2D eigenvalue weighted by Gasteiger charge is -2.14. The van der Waals surface area contributed by atoms with Gasteiger partial charge in [0.2, 0.25) is 5.91 Å². The van der Waals surface area contributed by atoms with E-state index in [-0.39, 0.29) is 40.1 Å². The molecule has 0 saturated carbocycles. The largest absolute Gasteiger partial charge is 0.505 e. The molecule has 60 heavy (non-hydrogen) atoms. The zero-order valence-electron chi connectivity index (χ0n) is 32.8. The van der Waals surface area contributed by atoms with E-state index < -0.39 is 0 Å². The van der Waals surface area contributed by atoms with Crippen molar-refractivity contribution in [1.82, 2.24) is 4.98 Å². The van der Waals surface area contributed by atoms with Gasteiger partial charge in [-0.1, -0.05) is 95.3 Å². The molecule has 1 amide bonds. The third kappa shape index (κ3) is 11.6. The number of hydrogen-bond donors (Lipinski definition) is 5. The van der Waals surface area contributed by atoms with Crippen molar-refractivity contribution in [3.63, 3.8) is 0 Å². The lowest BCUT2D eigenvalue weighted by Crippen LogP contribution is -2.05. The van der Waals surface area contributed by atoms with Gasteiger partial charge in [-0.2, -0.15) is 0 Å². The maximum absolute atomic E-state index is 11.7. The normalized spacial score (nSPS) is 10.7. The number of amides is 1. The molecule has 0 aliphatic heterocycles. The molecule has 7 rings (SSSR count). The molecule has 0 radical (unpaired) electrons. The number of nitrogens with one attached hydrogen (secondary N) is 3. The molecule has 6 aromatic carbocycles. The highest BCUT2D eigenvalue weighted by Crippen LogP contribution is 2.37. The predicted octanol–water partition coefficient (Wildman–Crippen LogP) is 12.5. The lowest BCUT2D eigenvalue weighted by molar-refractivity contribution is -0.114. The summed E-state index contributed by atoms with van der Waals surface area (Å²) in [5.41, 5.74) is 5.03. The lowest BCUT2D eigenvalue weighted by atomic mass is 10.1. The molecule has 0 bridgehead atoms. The van der Waals surface area contributed by atoms with Crippen molar-refractivity contribution < 1.29 is 24.6 Å². The van der Waals surface area contributed by atoms with E-state index in [0.717, 1.165) is 47.3 Å². The molecule has 0 fully saturated rings. The minimum absolute atomic E-state index is 0.0855.